The molecule has 1 aliphatic heterocycles. The van der Waals surface area contributed by atoms with Crippen LogP contribution in [0.15, 0.2) is 48.8 Å². The third-order valence-corrected chi connectivity index (χ3v) is 5.44. The molecule has 2 aromatic heterocycles. The molecule has 12 heteroatoms. The molecule has 1 saturated heterocycles. The van der Waals surface area contributed by atoms with Crippen molar-refractivity contribution < 1.29 is 27.1 Å². The minimum Gasteiger partial charge on any atom is -0.433 e. The summed E-state index contributed by atoms with van der Waals surface area (Å²) in [5.74, 6) is -0.725. The monoisotopic (exact) mass is 483 g/mol. The normalized spacial score (nSPS) is 16.0. The lowest BCUT2D eigenvalue weighted by atomic mass is 10.2. The maximum absolute atomic E-state index is 13.8. The van der Waals surface area contributed by atoms with Gasteiger partial charge in [-0.15, -0.1) is 0 Å². The number of rotatable bonds is 7. The van der Waals surface area contributed by atoms with E-state index in [1.807, 2.05) is 0 Å². The van der Waals surface area contributed by atoms with E-state index in [1.54, 1.807) is 29.2 Å². The minimum absolute atomic E-state index is 0.0174. The molecule has 1 unspecified atom stereocenters. The van der Waals surface area contributed by atoms with Gasteiger partial charge in [-0.2, -0.15) is 13.9 Å². The van der Waals surface area contributed by atoms with Gasteiger partial charge in [-0.1, -0.05) is 23.7 Å². The van der Waals surface area contributed by atoms with Crippen molar-refractivity contribution in [1.82, 2.24) is 20.1 Å². The Kier molecular flexibility index (Phi) is 6.68. The number of hydrogen-bond donors (Lipinski definition) is 1. The summed E-state index contributed by atoms with van der Waals surface area (Å²) in [4.78, 5) is 18.6. The highest BCUT2D eigenvalue weighted by molar-refractivity contribution is 6.32. The number of amides is 1. The fourth-order valence-corrected chi connectivity index (χ4v) is 3.92. The van der Waals surface area contributed by atoms with Crippen LogP contribution in [0.25, 0.3) is 5.82 Å². The minimum atomic E-state index is -3.01. The molecular weight excluding hydrogens is 466 g/mol. The van der Waals surface area contributed by atoms with E-state index in [0.29, 0.717) is 25.2 Å². The molecule has 1 aromatic carbocycles. The van der Waals surface area contributed by atoms with Gasteiger partial charge < -0.3 is 15.0 Å². The van der Waals surface area contributed by atoms with Gasteiger partial charge in [0.05, 0.1) is 22.5 Å². The molecule has 0 saturated carbocycles. The summed E-state index contributed by atoms with van der Waals surface area (Å²) in [5.41, 5.74) is -0.467. The maximum atomic E-state index is 13.8. The second kappa shape index (κ2) is 9.65. The van der Waals surface area contributed by atoms with E-state index < -0.39 is 30.7 Å². The van der Waals surface area contributed by atoms with Crippen LogP contribution in [0.1, 0.15) is 28.9 Å². The van der Waals surface area contributed by atoms with Crippen molar-refractivity contribution in [2.24, 2.45) is 0 Å². The number of nitrogens with one attached hydrogen (secondary N) is 1. The van der Waals surface area contributed by atoms with Crippen molar-refractivity contribution >= 4 is 23.2 Å². The number of para-hydroxylation sites is 2. The maximum Gasteiger partial charge on any atom is 0.387 e. The molecule has 0 radical (unpaired) electrons. The summed E-state index contributed by atoms with van der Waals surface area (Å²) in [5, 5.41) is 6.72. The van der Waals surface area contributed by atoms with Crippen molar-refractivity contribution in [2.75, 3.05) is 18.0 Å². The molecule has 1 aliphatic rings. The number of pyridine rings is 1. The van der Waals surface area contributed by atoms with Gasteiger partial charge in [-0.3, -0.25) is 4.79 Å². The summed E-state index contributed by atoms with van der Waals surface area (Å²) >= 11 is 6.05. The van der Waals surface area contributed by atoms with Crippen LogP contribution in [-0.2, 0) is 0 Å². The Labute approximate surface area is 190 Å². The first-order chi connectivity index (χ1) is 15.8. The van der Waals surface area contributed by atoms with Crippen molar-refractivity contribution in [3.05, 3.63) is 65.1 Å². The standard InChI is InChI=1S/C21H18ClF4N5O2/c22-14-4-3-8-27-19(14)31-17(18(23)24)13(10-28-31)20(32)29-12-7-9-30(11-12)15-5-1-2-6-16(15)33-21(25)26/h1-6,8,10,12,18,21H,7,9,11H2,(H,29,32). The van der Waals surface area contributed by atoms with Crippen molar-refractivity contribution in [3.8, 4) is 11.6 Å². The Bertz CT molecular complexity index is 1140. The quantitative estimate of drug-likeness (QED) is 0.502. The van der Waals surface area contributed by atoms with Crippen molar-refractivity contribution in [1.29, 1.82) is 0 Å². The summed E-state index contributed by atoms with van der Waals surface area (Å²) in [7, 11) is 0. The molecule has 33 heavy (non-hydrogen) atoms. The lowest BCUT2D eigenvalue weighted by Crippen LogP contribution is -2.37. The highest BCUT2D eigenvalue weighted by atomic mass is 35.5. The number of carbonyl (C=O) groups excluding carboxylic acids is 1. The van der Waals surface area contributed by atoms with E-state index in [4.69, 9.17) is 11.6 Å². The van der Waals surface area contributed by atoms with Gasteiger partial charge in [0.25, 0.3) is 12.3 Å². The van der Waals surface area contributed by atoms with Gasteiger partial charge >= 0.3 is 6.61 Å². The van der Waals surface area contributed by atoms with Gasteiger partial charge in [0, 0.05) is 25.3 Å². The predicted molar refractivity (Wildman–Crippen MR) is 112 cm³/mol. The van der Waals surface area contributed by atoms with Gasteiger partial charge in [-0.25, -0.2) is 18.4 Å². The number of hydrogen-bond acceptors (Lipinski definition) is 5. The largest absolute Gasteiger partial charge is 0.433 e. The summed E-state index contributed by atoms with van der Waals surface area (Å²) in [6, 6.07) is 8.95. The number of alkyl halides is 4. The first-order valence-corrected chi connectivity index (χ1v) is 10.3. The molecule has 0 spiro atoms. The Morgan fingerprint density at radius 1 is 1.18 bits per heavy atom. The lowest BCUT2D eigenvalue weighted by molar-refractivity contribution is -0.0495. The van der Waals surface area contributed by atoms with Crippen molar-refractivity contribution in [3.63, 3.8) is 0 Å². The molecule has 1 atom stereocenters. The zero-order valence-corrected chi connectivity index (χ0v) is 17.7. The zero-order chi connectivity index (χ0) is 23.5. The van der Waals surface area contributed by atoms with E-state index in [2.05, 4.69) is 20.1 Å². The third-order valence-electron chi connectivity index (χ3n) is 5.14. The molecule has 1 N–H and O–H groups in total. The van der Waals surface area contributed by atoms with Crippen LogP contribution in [0.4, 0.5) is 23.2 Å². The van der Waals surface area contributed by atoms with Gasteiger partial charge in [-0.05, 0) is 30.7 Å². The first-order valence-electron chi connectivity index (χ1n) is 9.91. The number of benzene rings is 1. The van der Waals surface area contributed by atoms with Gasteiger partial charge in [0.2, 0.25) is 0 Å². The average molecular weight is 484 g/mol. The number of aromatic nitrogens is 3. The van der Waals surface area contributed by atoms with Crippen molar-refractivity contribution in [2.45, 2.75) is 25.5 Å². The molecule has 7 nitrogen and oxygen atoms in total. The fraction of sp³-hybridized carbons (Fsp3) is 0.286. The number of nitrogens with zero attached hydrogens (tertiary/aromatic N) is 4. The van der Waals surface area contributed by atoms with Crippen LogP contribution in [0, 0.1) is 0 Å². The predicted octanol–water partition coefficient (Wildman–Crippen LogP) is 4.47. The van der Waals surface area contributed by atoms with Crippen LogP contribution in [0.2, 0.25) is 5.02 Å². The van der Waals surface area contributed by atoms with E-state index >= 15 is 0 Å². The molecule has 0 aliphatic carbocycles. The van der Waals surface area contributed by atoms with Crippen LogP contribution in [0.5, 0.6) is 5.75 Å². The second-order valence-electron chi connectivity index (χ2n) is 7.22. The third kappa shape index (κ3) is 4.87. The molecule has 174 valence electrons. The topological polar surface area (TPSA) is 72.3 Å². The second-order valence-corrected chi connectivity index (χ2v) is 7.62. The summed E-state index contributed by atoms with van der Waals surface area (Å²) < 4.78 is 58.5. The first kappa shape index (κ1) is 22.8. The molecule has 0 bridgehead atoms. The van der Waals surface area contributed by atoms with Gasteiger partial charge in [0.1, 0.15) is 11.4 Å². The van der Waals surface area contributed by atoms with E-state index in [9.17, 15) is 22.4 Å². The molecular formula is C21H18ClF4N5O2. The molecule has 3 heterocycles. The Morgan fingerprint density at radius 3 is 2.70 bits per heavy atom. The summed E-state index contributed by atoms with van der Waals surface area (Å²) in [6.45, 7) is -2.22. The zero-order valence-electron chi connectivity index (χ0n) is 17.0. The summed E-state index contributed by atoms with van der Waals surface area (Å²) in [6.07, 6.45) is -0.107. The van der Waals surface area contributed by atoms with Crippen LogP contribution in [-0.4, -0.2) is 46.4 Å². The highest BCUT2D eigenvalue weighted by Gasteiger charge is 2.31. The number of carbonyl (C=O) groups is 1. The van der Waals surface area contributed by atoms with E-state index in [-0.39, 0.29) is 22.2 Å². The number of ether oxygens (including phenoxy) is 1. The Balaban J connectivity index is 1.51. The average Bonchev–Trinajstić information content (AvgIpc) is 3.41. The smallest absolute Gasteiger partial charge is 0.387 e. The number of anilines is 1. The van der Waals surface area contributed by atoms with E-state index in [1.165, 1.54) is 18.3 Å². The van der Waals surface area contributed by atoms with Crippen LogP contribution < -0.4 is 15.0 Å². The van der Waals surface area contributed by atoms with Crippen LogP contribution in [0.3, 0.4) is 0 Å². The van der Waals surface area contributed by atoms with Crippen LogP contribution >= 0.6 is 11.6 Å². The SMILES string of the molecule is O=C(NC1CCN(c2ccccc2OC(F)F)C1)c1cnn(-c2ncccc2Cl)c1C(F)F. The Hall–Kier alpha value is -3.34. The molecule has 4 rings (SSSR count). The number of halogens is 5. The lowest BCUT2D eigenvalue weighted by Gasteiger charge is -2.22. The van der Waals surface area contributed by atoms with Gasteiger partial charge in [0.15, 0.2) is 5.82 Å². The Morgan fingerprint density at radius 2 is 1.97 bits per heavy atom. The molecule has 1 amide bonds. The highest BCUT2D eigenvalue weighted by Crippen LogP contribution is 2.32. The fourth-order valence-electron chi connectivity index (χ4n) is 3.72. The van der Waals surface area contributed by atoms with E-state index in [0.717, 1.165) is 10.9 Å². The molecule has 3 aromatic rings. The molecule has 1 fully saturated rings.